The van der Waals surface area contributed by atoms with Crippen molar-refractivity contribution in [3.8, 4) is 6.07 Å². The SMILES string of the molecule is N#CC[C@@H](N)c1cc(Cl)ccn1. The molecule has 0 aliphatic heterocycles. The van der Waals surface area contributed by atoms with E-state index < -0.39 is 0 Å². The second-order valence-corrected chi connectivity index (χ2v) is 2.80. The van der Waals surface area contributed by atoms with Crippen LogP contribution in [-0.2, 0) is 0 Å². The van der Waals surface area contributed by atoms with Crippen LogP contribution in [0.1, 0.15) is 18.2 Å². The maximum absolute atomic E-state index is 8.38. The fourth-order valence-corrected chi connectivity index (χ4v) is 0.995. The van der Waals surface area contributed by atoms with E-state index in [4.69, 9.17) is 22.6 Å². The summed E-state index contributed by atoms with van der Waals surface area (Å²) in [6, 6.07) is 4.98. The molecule has 0 spiro atoms. The van der Waals surface area contributed by atoms with Crippen molar-refractivity contribution in [2.45, 2.75) is 12.5 Å². The monoisotopic (exact) mass is 181 g/mol. The third kappa shape index (κ3) is 2.19. The number of pyridine rings is 1. The average molecular weight is 182 g/mol. The van der Waals surface area contributed by atoms with Crippen LogP contribution >= 0.6 is 11.6 Å². The zero-order chi connectivity index (χ0) is 8.97. The topological polar surface area (TPSA) is 62.7 Å². The van der Waals surface area contributed by atoms with E-state index in [1.807, 2.05) is 6.07 Å². The third-order valence-corrected chi connectivity index (χ3v) is 1.67. The van der Waals surface area contributed by atoms with E-state index in [-0.39, 0.29) is 12.5 Å². The van der Waals surface area contributed by atoms with Crippen molar-refractivity contribution in [2.24, 2.45) is 5.73 Å². The largest absolute Gasteiger partial charge is 0.322 e. The van der Waals surface area contributed by atoms with Gasteiger partial charge >= 0.3 is 0 Å². The van der Waals surface area contributed by atoms with Gasteiger partial charge < -0.3 is 5.73 Å². The highest BCUT2D eigenvalue weighted by Gasteiger charge is 2.06. The molecule has 2 N–H and O–H groups in total. The average Bonchev–Trinajstić information content (AvgIpc) is 2.05. The van der Waals surface area contributed by atoms with Gasteiger partial charge in [0.25, 0.3) is 0 Å². The van der Waals surface area contributed by atoms with E-state index in [2.05, 4.69) is 4.98 Å². The first-order chi connectivity index (χ1) is 5.74. The van der Waals surface area contributed by atoms with Crippen LogP contribution in [0.5, 0.6) is 0 Å². The lowest BCUT2D eigenvalue weighted by atomic mass is 10.1. The molecule has 1 rings (SSSR count). The molecule has 4 heteroatoms. The number of halogens is 1. The predicted octanol–water partition coefficient (Wildman–Crippen LogP) is 1.65. The molecule has 0 aromatic carbocycles. The van der Waals surface area contributed by atoms with Crippen LogP contribution in [0.15, 0.2) is 18.3 Å². The molecular formula is C8H8ClN3. The van der Waals surface area contributed by atoms with E-state index in [9.17, 15) is 0 Å². The Labute approximate surface area is 75.8 Å². The van der Waals surface area contributed by atoms with Crippen molar-refractivity contribution in [1.29, 1.82) is 5.26 Å². The molecule has 62 valence electrons. The molecule has 0 fully saturated rings. The molecule has 1 atom stereocenters. The second-order valence-electron chi connectivity index (χ2n) is 2.37. The first kappa shape index (κ1) is 8.98. The van der Waals surface area contributed by atoms with Gasteiger partial charge in [0.1, 0.15) is 0 Å². The van der Waals surface area contributed by atoms with E-state index in [1.165, 1.54) is 0 Å². The van der Waals surface area contributed by atoms with Crippen LogP contribution in [0.4, 0.5) is 0 Å². The van der Waals surface area contributed by atoms with Crippen molar-refractivity contribution in [3.05, 3.63) is 29.0 Å². The number of rotatable bonds is 2. The summed E-state index contributed by atoms with van der Waals surface area (Å²) >= 11 is 5.71. The zero-order valence-corrected chi connectivity index (χ0v) is 7.12. The standard InChI is InChI=1S/C8H8ClN3/c9-6-2-4-12-8(5-6)7(11)1-3-10/h2,4-5,7H,1,11H2/t7-/m1/s1. The van der Waals surface area contributed by atoms with Gasteiger partial charge in [0.15, 0.2) is 0 Å². The summed E-state index contributed by atoms with van der Waals surface area (Å²) < 4.78 is 0. The molecule has 0 radical (unpaired) electrons. The molecule has 3 nitrogen and oxygen atoms in total. The van der Waals surface area contributed by atoms with Crippen molar-refractivity contribution < 1.29 is 0 Å². The maximum Gasteiger partial charge on any atom is 0.0642 e. The molecule has 0 aliphatic carbocycles. The van der Waals surface area contributed by atoms with Crippen molar-refractivity contribution in [3.63, 3.8) is 0 Å². The Morgan fingerprint density at radius 3 is 3.08 bits per heavy atom. The Morgan fingerprint density at radius 2 is 2.50 bits per heavy atom. The van der Waals surface area contributed by atoms with Crippen LogP contribution in [0.25, 0.3) is 0 Å². The van der Waals surface area contributed by atoms with Crippen molar-refractivity contribution >= 4 is 11.6 Å². The molecule has 0 bridgehead atoms. The lowest BCUT2D eigenvalue weighted by Crippen LogP contribution is -2.10. The molecule has 1 aromatic heterocycles. The van der Waals surface area contributed by atoms with Gasteiger partial charge in [-0.2, -0.15) is 5.26 Å². The molecule has 0 unspecified atom stereocenters. The highest BCUT2D eigenvalue weighted by Crippen LogP contribution is 2.14. The number of hydrogen-bond acceptors (Lipinski definition) is 3. The number of nitriles is 1. The van der Waals surface area contributed by atoms with Crippen LogP contribution in [-0.4, -0.2) is 4.98 Å². The van der Waals surface area contributed by atoms with Crippen LogP contribution in [0.3, 0.4) is 0 Å². The van der Waals surface area contributed by atoms with E-state index in [1.54, 1.807) is 18.3 Å². The van der Waals surface area contributed by atoms with Crippen LogP contribution < -0.4 is 5.73 Å². The summed E-state index contributed by atoms with van der Waals surface area (Å²) in [7, 11) is 0. The minimum Gasteiger partial charge on any atom is -0.322 e. The molecule has 0 saturated carbocycles. The number of nitrogens with two attached hydrogens (primary N) is 1. The van der Waals surface area contributed by atoms with Crippen molar-refractivity contribution in [2.75, 3.05) is 0 Å². The zero-order valence-electron chi connectivity index (χ0n) is 6.37. The lowest BCUT2D eigenvalue weighted by molar-refractivity contribution is 0.720. The Hall–Kier alpha value is -1.11. The Morgan fingerprint density at radius 1 is 1.75 bits per heavy atom. The van der Waals surface area contributed by atoms with Gasteiger partial charge in [-0.25, -0.2) is 0 Å². The third-order valence-electron chi connectivity index (χ3n) is 1.43. The van der Waals surface area contributed by atoms with Gasteiger partial charge in [0, 0.05) is 11.2 Å². The lowest BCUT2D eigenvalue weighted by Gasteiger charge is -2.05. The number of hydrogen-bond donors (Lipinski definition) is 1. The second kappa shape index (κ2) is 4.05. The first-order valence-corrected chi connectivity index (χ1v) is 3.86. The Kier molecular flexibility index (Phi) is 3.03. The number of nitrogens with zero attached hydrogens (tertiary/aromatic N) is 2. The fraction of sp³-hybridized carbons (Fsp3) is 0.250. The number of aromatic nitrogens is 1. The maximum atomic E-state index is 8.38. The fourth-order valence-electron chi connectivity index (χ4n) is 0.827. The molecule has 0 saturated heterocycles. The summed E-state index contributed by atoms with van der Waals surface area (Å²) in [5.41, 5.74) is 6.29. The van der Waals surface area contributed by atoms with Gasteiger partial charge in [-0.05, 0) is 12.1 Å². The first-order valence-electron chi connectivity index (χ1n) is 3.48. The summed E-state index contributed by atoms with van der Waals surface area (Å²) in [5, 5.41) is 8.97. The Balaban J connectivity index is 2.82. The molecule has 0 aliphatic rings. The normalized spacial score (nSPS) is 12.1. The minimum atomic E-state index is -0.339. The molecular weight excluding hydrogens is 174 g/mol. The summed E-state index contributed by atoms with van der Waals surface area (Å²) in [6.07, 6.45) is 1.84. The summed E-state index contributed by atoms with van der Waals surface area (Å²) in [6.45, 7) is 0. The van der Waals surface area contributed by atoms with Gasteiger partial charge in [-0.15, -0.1) is 0 Å². The summed E-state index contributed by atoms with van der Waals surface area (Å²) in [4.78, 5) is 4.00. The molecule has 1 aromatic rings. The van der Waals surface area contributed by atoms with E-state index in [0.29, 0.717) is 10.7 Å². The molecule has 0 amide bonds. The highest BCUT2D eigenvalue weighted by molar-refractivity contribution is 6.30. The highest BCUT2D eigenvalue weighted by atomic mass is 35.5. The van der Waals surface area contributed by atoms with Crippen molar-refractivity contribution in [1.82, 2.24) is 4.98 Å². The van der Waals surface area contributed by atoms with Gasteiger partial charge in [-0.3, -0.25) is 4.98 Å². The van der Waals surface area contributed by atoms with Gasteiger partial charge in [-0.1, -0.05) is 11.6 Å². The van der Waals surface area contributed by atoms with Crippen LogP contribution in [0.2, 0.25) is 5.02 Å². The van der Waals surface area contributed by atoms with E-state index >= 15 is 0 Å². The summed E-state index contributed by atoms with van der Waals surface area (Å²) in [5.74, 6) is 0. The molecule has 1 heterocycles. The minimum absolute atomic E-state index is 0.257. The quantitative estimate of drug-likeness (QED) is 0.755. The molecule has 12 heavy (non-hydrogen) atoms. The van der Waals surface area contributed by atoms with Gasteiger partial charge in [0.05, 0.1) is 24.2 Å². The van der Waals surface area contributed by atoms with Gasteiger partial charge in [0.2, 0.25) is 0 Å². The van der Waals surface area contributed by atoms with Crippen LogP contribution in [0, 0.1) is 11.3 Å². The predicted molar refractivity (Wildman–Crippen MR) is 46.4 cm³/mol. The smallest absolute Gasteiger partial charge is 0.0642 e. The Bertz CT molecular complexity index is 305. The van der Waals surface area contributed by atoms with E-state index in [0.717, 1.165) is 0 Å².